The van der Waals surface area contributed by atoms with Crippen LogP contribution in [-0.2, 0) is 4.74 Å². The van der Waals surface area contributed by atoms with Gasteiger partial charge in [-0.25, -0.2) is 4.68 Å². The van der Waals surface area contributed by atoms with Crippen LogP contribution in [-0.4, -0.2) is 71.8 Å². The number of morpholine rings is 1. The highest BCUT2D eigenvalue weighted by Crippen LogP contribution is 2.24. The third-order valence-corrected chi connectivity index (χ3v) is 6.03. The normalized spacial score (nSPS) is 14.7. The predicted molar refractivity (Wildman–Crippen MR) is 134 cm³/mol. The quantitative estimate of drug-likeness (QED) is 0.218. The fourth-order valence-electron chi connectivity index (χ4n) is 4.09. The number of nitrogens with one attached hydrogen (secondary N) is 1. The van der Waals surface area contributed by atoms with Crippen LogP contribution in [0.2, 0.25) is 0 Å². The van der Waals surface area contributed by atoms with Gasteiger partial charge in [-0.15, -0.1) is 0 Å². The molecule has 1 N–H and O–H groups in total. The Morgan fingerprint density at radius 2 is 1.83 bits per heavy atom. The van der Waals surface area contributed by atoms with Crippen LogP contribution >= 0.6 is 0 Å². The second kappa shape index (κ2) is 11.1. The van der Waals surface area contributed by atoms with E-state index in [0.29, 0.717) is 35.0 Å². The Morgan fingerprint density at radius 3 is 2.46 bits per heavy atom. The van der Waals surface area contributed by atoms with Crippen molar-refractivity contribution >= 4 is 11.4 Å². The number of ether oxygens (including phenoxy) is 2. The molecule has 1 aliphatic rings. The molecule has 1 saturated heterocycles. The number of nitro benzene ring substituents is 1. The fourth-order valence-corrected chi connectivity index (χ4v) is 4.09. The highest BCUT2D eigenvalue weighted by Gasteiger charge is 2.20. The molecule has 0 atom stereocenters. The van der Waals surface area contributed by atoms with Crippen molar-refractivity contribution in [1.29, 1.82) is 0 Å². The summed E-state index contributed by atoms with van der Waals surface area (Å²) in [6.45, 7) is 6.77. The summed E-state index contributed by atoms with van der Waals surface area (Å²) in [6.07, 6.45) is 0.885. The summed E-state index contributed by atoms with van der Waals surface area (Å²) in [5.41, 5.74) is 2.74. The number of nitro groups is 1. The summed E-state index contributed by atoms with van der Waals surface area (Å²) in [6, 6.07) is 13.3. The molecule has 0 bridgehead atoms. The zero-order valence-electron chi connectivity index (χ0n) is 19.9. The van der Waals surface area contributed by atoms with Gasteiger partial charge in [-0.3, -0.25) is 29.9 Å². The van der Waals surface area contributed by atoms with Gasteiger partial charge in [0.25, 0.3) is 11.2 Å². The molecule has 35 heavy (non-hydrogen) atoms. The number of hydrogen-bond acceptors (Lipinski definition) is 7. The van der Waals surface area contributed by atoms with E-state index in [1.165, 1.54) is 16.8 Å². The van der Waals surface area contributed by atoms with Gasteiger partial charge in [0.1, 0.15) is 5.75 Å². The number of aliphatic imine (C=N–C) groups is 1. The average Bonchev–Trinajstić information content (AvgIpc) is 3.24. The van der Waals surface area contributed by atoms with Crippen LogP contribution in [0.25, 0.3) is 16.9 Å². The number of aromatic amines is 1. The zero-order chi connectivity index (χ0) is 24.8. The van der Waals surface area contributed by atoms with E-state index >= 15 is 0 Å². The molecular formula is C25H29N5O5. The first-order chi connectivity index (χ1) is 17.0. The van der Waals surface area contributed by atoms with E-state index in [-0.39, 0.29) is 11.2 Å². The Morgan fingerprint density at radius 1 is 1.14 bits per heavy atom. The summed E-state index contributed by atoms with van der Waals surface area (Å²) < 4.78 is 12.0. The molecule has 0 radical (unpaired) electrons. The van der Waals surface area contributed by atoms with Crippen LogP contribution in [0, 0.1) is 10.1 Å². The molecule has 1 aliphatic heterocycles. The van der Waals surface area contributed by atoms with Crippen molar-refractivity contribution < 1.29 is 14.4 Å². The largest absolute Gasteiger partial charge is 0.497 e. The minimum atomic E-state index is -0.469. The van der Waals surface area contributed by atoms with Gasteiger partial charge in [0.2, 0.25) is 0 Å². The summed E-state index contributed by atoms with van der Waals surface area (Å²) in [5, 5.41) is 14.2. The third kappa shape index (κ3) is 5.67. The number of hydrogen-bond donors (Lipinski definition) is 1. The highest BCUT2D eigenvalue weighted by molar-refractivity contribution is 6.03. The van der Waals surface area contributed by atoms with E-state index in [9.17, 15) is 14.9 Å². The standard InChI is InChI=1S/C25H29N5O5/c1-18(26-12-3-13-28-14-16-35-17-15-28)23-24(19-4-10-22(34-2)11-5-19)27-29(25(23)31)20-6-8-21(9-7-20)30(32)33/h4-11,27H,3,12-17H2,1-2H3. The maximum atomic E-state index is 13.5. The molecule has 3 aromatic rings. The maximum absolute atomic E-state index is 13.5. The number of benzene rings is 2. The van der Waals surface area contributed by atoms with Crippen LogP contribution in [0.3, 0.4) is 0 Å². The van der Waals surface area contributed by atoms with Crippen LogP contribution in [0.15, 0.2) is 58.3 Å². The second-order valence-electron chi connectivity index (χ2n) is 8.28. The molecule has 2 heterocycles. The average molecular weight is 480 g/mol. The number of methoxy groups -OCH3 is 1. The Kier molecular flexibility index (Phi) is 7.74. The van der Waals surface area contributed by atoms with Gasteiger partial charge in [-0.2, -0.15) is 0 Å². The van der Waals surface area contributed by atoms with Crippen molar-refractivity contribution in [3.63, 3.8) is 0 Å². The lowest BCUT2D eigenvalue weighted by molar-refractivity contribution is -0.384. The van der Waals surface area contributed by atoms with Crippen molar-refractivity contribution in [3.8, 4) is 22.7 Å². The van der Waals surface area contributed by atoms with Gasteiger partial charge in [0.15, 0.2) is 0 Å². The van der Waals surface area contributed by atoms with E-state index in [1.807, 2.05) is 31.2 Å². The van der Waals surface area contributed by atoms with E-state index in [2.05, 4.69) is 10.00 Å². The lowest BCUT2D eigenvalue weighted by Crippen LogP contribution is -2.37. The van der Waals surface area contributed by atoms with Crippen molar-refractivity contribution in [3.05, 3.63) is 74.6 Å². The van der Waals surface area contributed by atoms with E-state index in [4.69, 9.17) is 14.5 Å². The molecule has 0 saturated carbocycles. The number of aromatic nitrogens is 2. The summed E-state index contributed by atoms with van der Waals surface area (Å²) in [5.74, 6) is 0.709. The number of nitrogens with zero attached hydrogens (tertiary/aromatic N) is 4. The van der Waals surface area contributed by atoms with Gasteiger partial charge < -0.3 is 9.47 Å². The maximum Gasteiger partial charge on any atom is 0.280 e. The van der Waals surface area contributed by atoms with Crippen LogP contribution in [0.1, 0.15) is 18.9 Å². The Hall–Kier alpha value is -3.76. The zero-order valence-corrected chi connectivity index (χ0v) is 19.9. The SMILES string of the molecule is COc1ccc(-c2[nH]n(-c3ccc([N+](=O)[O-])cc3)c(=O)c2C(C)=NCCCN2CCOCC2)cc1. The number of non-ortho nitro benzene ring substituents is 1. The van der Waals surface area contributed by atoms with Gasteiger partial charge in [0, 0.05) is 49.6 Å². The highest BCUT2D eigenvalue weighted by atomic mass is 16.6. The molecule has 0 amide bonds. The molecule has 1 aromatic heterocycles. The van der Waals surface area contributed by atoms with Gasteiger partial charge in [0.05, 0.1) is 42.2 Å². The Labute approximate surface area is 202 Å². The molecule has 2 aromatic carbocycles. The monoisotopic (exact) mass is 479 g/mol. The van der Waals surface area contributed by atoms with Crippen molar-refractivity contribution in [2.24, 2.45) is 4.99 Å². The van der Waals surface area contributed by atoms with Crippen LogP contribution in [0.5, 0.6) is 5.75 Å². The van der Waals surface area contributed by atoms with E-state index in [0.717, 1.165) is 44.8 Å². The van der Waals surface area contributed by atoms with E-state index in [1.54, 1.807) is 19.2 Å². The molecule has 0 aliphatic carbocycles. The lowest BCUT2D eigenvalue weighted by Gasteiger charge is -2.26. The number of rotatable bonds is 9. The van der Waals surface area contributed by atoms with Crippen molar-refractivity contribution in [2.75, 3.05) is 46.5 Å². The molecule has 4 rings (SSSR count). The minimum absolute atomic E-state index is 0.0398. The summed E-state index contributed by atoms with van der Waals surface area (Å²) in [7, 11) is 1.60. The molecule has 1 fully saturated rings. The Balaban J connectivity index is 1.65. The van der Waals surface area contributed by atoms with Crippen molar-refractivity contribution in [1.82, 2.24) is 14.7 Å². The van der Waals surface area contributed by atoms with Gasteiger partial charge in [-0.1, -0.05) is 0 Å². The summed E-state index contributed by atoms with van der Waals surface area (Å²) in [4.78, 5) is 31.1. The van der Waals surface area contributed by atoms with Gasteiger partial charge >= 0.3 is 0 Å². The van der Waals surface area contributed by atoms with Crippen LogP contribution < -0.4 is 10.3 Å². The predicted octanol–water partition coefficient (Wildman–Crippen LogP) is 3.28. The molecule has 0 unspecified atom stereocenters. The summed E-state index contributed by atoms with van der Waals surface area (Å²) >= 11 is 0. The first-order valence-electron chi connectivity index (χ1n) is 11.5. The molecule has 10 nitrogen and oxygen atoms in total. The molecular weight excluding hydrogens is 450 g/mol. The lowest BCUT2D eigenvalue weighted by atomic mass is 10.0. The molecule has 0 spiro atoms. The second-order valence-corrected chi connectivity index (χ2v) is 8.28. The first-order valence-corrected chi connectivity index (χ1v) is 11.5. The first kappa shape index (κ1) is 24.4. The third-order valence-electron chi connectivity index (χ3n) is 6.03. The van der Waals surface area contributed by atoms with Crippen molar-refractivity contribution in [2.45, 2.75) is 13.3 Å². The Bertz CT molecular complexity index is 1240. The number of H-pyrrole nitrogens is 1. The van der Waals surface area contributed by atoms with Gasteiger partial charge in [-0.05, 0) is 49.7 Å². The fraction of sp³-hybridized carbons (Fsp3) is 0.360. The van der Waals surface area contributed by atoms with E-state index < -0.39 is 4.92 Å². The molecule has 10 heteroatoms. The smallest absolute Gasteiger partial charge is 0.280 e. The minimum Gasteiger partial charge on any atom is -0.497 e. The topological polar surface area (TPSA) is 115 Å². The molecule has 184 valence electrons. The van der Waals surface area contributed by atoms with Crippen LogP contribution in [0.4, 0.5) is 5.69 Å².